The van der Waals surface area contributed by atoms with Crippen LogP contribution in [0.2, 0.25) is 0 Å². The number of hydrogen-bond acceptors (Lipinski definition) is 3. The van der Waals surface area contributed by atoms with Gasteiger partial charge in [-0.1, -0.05) is 12.8 Å². The first kappa shape index (κ1) is 12.9. The molecule has 1 aromatic rings. The van der Waals surface area contributed by atoms with Gasteiger partial charge in [0.1, 0.15) is 0 Å². The highest BCUT2D eigenvalue weighted by molar-refractivity contribution is 5.99. The van der Waals surface area contributed by atoms with Crippen molar-refractivity contribution in [3.8, 4) is 0 Å². The number of anilines is 1. The summed E-state index contributed by atoms with van der Waals surface area (Å²) in [6.45, 7) is 3.59. The number of nitrogens with one attached hydrogen (secondary N) is 2. The Balaban J connectivity index is 1.94. The first-order valence-electron chi connectivity index (χ1n) is 6.77. The molecule has 4 heteroatoms. The predicted molar refractivity (Wildman–Crippen MR) is 72.7 cm³/mol. The topological polar surface area (TPSA) is 54.0 Å². The summed E-state index contributed by atoms with van der Waals surface area (Å²) in [4.78, 5) is 16.2. The van der Waals surface area contributed by atoms with Gasteiger partial charge in [-0.2, -0.15) is 0 Å². The van der Waals surface area contributed by atoms with E-state index in [4.69, 9.17) is 0 Å². The number of amides is 1. The quantitative estimate of drug-likeness (QED) is 0.840. The van der Waals surface area contributed by atoms with Crippen molar-refractivity contribution >= 4 is 11.6 Å². The van der Waals surface area contributed by atoms with Gasteiger partial charge in [0, 0.05) is 19.3 Å². The van der Waals surface area contributed by atoms with E-state index in [9.17, 15) is 4.79 Å². The number of hydrogen-bond donors (Lipinski definition) is 2. The second-order valence-corrected chi connectivity index (χ2v) is 4.81. The lowest BCUT2D eigenvalue weighted by molar-refractivity contribution is 0.0948. The van der Waals surface area contributed by atoms with Crippen LogP contribution >= 0.6 is 0 Å². The van der Waals surface area contributed by atoms with Crippen molar-refractivity contribution in [1.82, 2.24) is 10.3 Å². The first-order chi connectivity index (χ1) is 8.81. The normalized spacial score (nSPS) is 15.6. The van der Waals surface area contributed by atoms with Gasteiger partial charge in [-0.15, -0.1) is 0 Å². The Morgan fingerprint density at radius 3 is 2.94 bits per heavy atom. The molecule has 4 nitrogen and oxygen atoms in total. The molecule has 2 rings (SSSR count). The lowest BCUT2D eigenvalue weighted by Gasteiger charge is -2.13. The summed E-state index contributed by atoms with van der Waals surface area (Å²) in [5.74, 6) is 0.665. The molecule has 0 saturated heterocycles. The van der Waals surface area contributed by atoms with E-state index in [0.29, 0.717) is 11.5 Å². The van der Waals surface area contributed by atoms with Crippen LogP contribution in [0, 0.1) is 5.92 Å². The highest BCUT2D eigenvalue weighted by Gasteiger charge is 2.17. The van der Waals surface area contributed by atoms with E-state index in [1.54, 1.807) is 18.5 Å². The van der Waals surface area contributed by atoms with E-state index < -0.39 is 0 Å². The summed E-state index contributed by atoms with van der Waals surface area (Å²) < 4.78 is 0. The number of carbonyl (C=O) groups excluding carboxylic acids is 1. The van der Waals surface area contributed by atoms with Crippen LogP contribution in [0.15, 0.2) is 18.5 Å². The molecule has 98 valence electrons. The smallest absolute Gasteiger partial charge is 0.253 e. The number of rotatable bonds is 5. The van der Waals surface area contributed by atoms with E-state index in [2.05, 4.69) is 15.6 Å². The van der Waals surface area contributed by atoms with Gasteiger partial charge in [-0.3, -0.25) is 9.78 Å². The summed E-state index contributed by atoms with van der Waals surface area (Å²) in [6, 6.07) is 1.77. The molecule has 1 saturated carbocycles. The molecular weight excluding hydrogens is 226 g/mol. The van der Waals surface area contributed by atoms with Gasteiger partial charge in [0.2, 0.25) is 0 Å². The zero-order chi connectivity index (χ0) is 12.8. The van der Waals surface area contributed by atoms with Crippen LogP contribution in [0.4, 0.5) is 5.69 Å². The van der Waals surface area contributed by atoms with Gasteiger partial charge >= 0.3 is 0 Å². The fourth-order valence-electron chi connectivity index (χ4n) is 2.47. The highest BCUT2D eigenvalue weighted by Crippen LogP contribution is 2.24. The van der Waals surface area contributed by atoms with E-state index in [1.165, 1.54) is 25.7 Å². The first-order valence-corrected chi connectivity index (χ1v) is 6.77. The second-order valence-electron chi connectivity index (χ2n) is 4.81. The number of aromatic nitrogens is 1. The van der Waals surface area contributed by atoms with E-state index in [0.717, 1.165) is 18.8 Å². The number of nitrogens with zero attached hydrogens (tertiary/aromatic N) is 1. The van der Waals surface area contributed by atoms with Crippen molar-refractivity contribution in [3.63, 3.8) is 0 Å². The Morgan fingerprint density at radius 2 is 2.22 bits per heavy atom. The van der Waals surface area contributed by atoms with Crippen LogP contribution in [0.1, 0.15) is 43.0 Å². The Labute approximate surface area is 108 Å². The van der Waals surface area contributed by atoms with Gasteiger partial charge in [0.25, 0.3) is 5.91 Å². The highest BCUT2D eigenvalue weighted by atomic mass is 16.1. The molecule has 18 heavy (non-hydrogen) atoms. The van der Waals surface area contributed by atoms with Crippen molar-refractivity contribution in [3.05, 3.63) is 24.0 Å². The lowest BCUT2D eigenvalue weighted by Crippen LogP contribution is -2.29. The monoisotopic (exact) mass is 247 g/mol. The lowest BCUT2D eigenvalue weighted by atomic mass is 10.1. The molecule has 1 fully saturated rings. The molecule has 0 radical (unpaired) electrons. The van der Waals surface area contributed by atoms with E-state index >= 15 is 0 Å². The largest absolute Gasteiger partial charge is 0.383 e. The summed E-state index contributed by atoms with van der Waals surface area (Å²) >= 11 is 0. The summed E-state index contributed by atoms with van der Waals surface area (Å²) in [6.07, 6.45) is 8.46. The molecule has 1 heterocycles. The molecular formula is C14H21N3O. The van der Waals surface area contributed by atoms with E-state index in [1.807, 2.05) is 6.92 Å². The van der Waals surface area contributed by atoms with Crippen LogP contribution in [0.25, 0.3) is 0 Å². The summed E-state index contributed by atoms with van der Waals surface area (Å²) in [5.41, 5.74) is 1.49. The van der Waals surface area contributed by atoms with Gasteiger partial charge < -0.3 is 10.6 Å². The summed E-state index contributed by atoms with van der Waals surface area (Å²) in [7, 11) is 0. The molecule has 0 aromatic carbocycles. The standard InChI is InChI=1S/C14H21N3O/c1-2-16-13-10-15-8-7-12(13)14(18)17-9-11-5-3-4-6-11/h7-8,10-11,16H,2-6,9H2,1H3,(H,17,18). The van der Waals surface area contributed by atoms with Gasteiger partial charge in [-0.05, 0) is 31.7 Å². The molecule has 0 atom stereocenters. The Morgan fingerprint density at radius 1 is 1.44 bits per heavy atom. The second kappa shape index (κ2) is 6.38. The molecule has 1 amide bonds. The van der Waals surface area contributed by atoms with Crippen LogP contribution in [0.5, 0.6) is 0 Å². The molecule has 0 spiro atoms. The van der Waals surface area contributed by atoms with E-state index in [-0.39, 0.29) is 5.91 Å². The van der Waals surface area contributed by atoms with Gasteiger partial charge in [0.15, 0.2) is 0 Å². The third-order valence-corrected chi connectivity index (χ3v) is 3.46. The Kier molecular flexibility index (Phi) is 4.56. The van der Waals surface area contributed by atoms with Crippen molar-refractivity contribution in [2.45, 2.75) is 32.6 Å². The van der Waals surface area contributed by atoms with Crippen LogP contribution in [0.3, 0.4) is 0 Å². The molecule has 0 aliphatic heterocycles. The van der Waals surface area contributed by atoms with Crippen molar-refractivity contribution < 1.29 is 4.79 Å². The third-order valence-electron chi connectivity index (χ3n) is 3.46. The van der Waals surface area contributed by atoms with Crippen molar-refractivity contribution in [2.24, 2.45) is 5.92 Å². The summed E-state index contributed by atoms with van der Waals surface area (Å²) in [5, 5.41) is 6.19. The molecule has 1 aliphatic carbocycles. The minimum atomic E-state index is 0.000231. The maximum atomic E-state index is 12.1. The Bertz CT molecular complexity index is 400. The zero-order valence-corrected chi connectivity index (χ0v) is 10.9. The van der Waals surface area contributed by atoms with Crippen LogP contribution < -0.4 is 10.6 Å². The third kappa shape index (κ3) is 3.22. The van der Waals surface area contributed by atoms with Gasteiger partial charge in [-0.25, -0.2) is 0 Å². The predicted octanol–water partition coefficient (Wildman–Crippen LogP) is 2.43. The average molecular weight is 247 g/mol. The molecule has 0 unspecified atom stereocenters. The number of carbonyl (C=O) groups is 1. The van der Waals surface area contributed by atoms with Crippen molar-refractivity contribution in [1.29, 1.82) is 0 Å². The van der Waals surface area contributed by atoms with Crippen molar-refractivity contribution in [2.75, 3.05) is 18.4 Å². The molecule has 1 aromatic heterocycles. The number of pyridine rings is 1. The molecule has 2 N–H and O–H groups in total. The average Bonchev–Trinajstić information content (AvgIpc) is 2.90. The maximum absolute atomic E-state index is 12.1. The zero-order valence-electron chi connectivity index (χ0n) is 10.9. The minimum Gasteiger partial charge on any atom is -0.383 e. The molecule has 1 aliphatic rings. The minimum absolute atomic E-state index is 0.000231. The van der Waals surface area contributed by atoms with Crippen LogP contribution in [-0.4, -0.2) is 24.0 Å². The fourth-order valence-corrected chi connectivity index (χ4v) is 2.47. The maximum Gasteiger partial charge on any atom is 0.253 e. The Hall–Kier alpha value is -1.58. The van der Waals surface area contributed by atoms with Crippen LogP contribution in [-0.2, 0) is 0 Å². The SMILES string of the molecule is CCNc1cnccc1C(=O)NCC1CCCC1. The fraction of sp³-hybridized carbons (Fsp3) is 0.571. The van der Waals surface area contributed by atoms with Gasteiger partial charge in [0.05, 0.1) is 17.4 Å². The molecule has 0 bridgehead atoms.